The maximum atomic E-state index is 12.6. The Morgan fingerprint density at radius 3 is 2.71 bits per heavy atom. The van der Waals surface area contributed by atoms with Crippen molar-refractivity contribution >= 4 is 40.6 Å². The van der Waals surface area contributed by atoms with Crippen molar-refractivity contribution in [3.05, 3.63) is 40.5 Å². The number of ether oxygens (including phenoxy) is 1. The van der Waals surface area contributed by atoms with Crippen LogP contribution in [-0.2, 0) is 9.53 Å². The third-order valence-electron chi connectivity index (χ3n) is 5.97. The minimum Gasteiger partial charge on any atom is -0.385 e. The molecular weight excluding hydrogens is 435 g/mol. The monoisotopic (exact) mass is 462 g/mol. The van der Waals surface area contributed by atoms with Crippen LogP contribution in [0.2, 0.25) is 10.0 Å². The molecule has 0 bridgehead atoms. The average Bonchev–Trinajstić information content (AvgIpc) is 2.81. The van der Waals surface area contributed by atoms with Gasteiger partial charge in [-0.05, 0) is 62.4 Å². The van der Waals surface area contributed by atoms with Crippen molar-refractivity contribution in [3.63, 3.8) is 0 Å². The van der Waals surface area contributed by atoms with Gasteiger partial charge >= 0.3 is 0 Å². The first-order chi connectivity index (χ1) is 15.1. The van der Waals surface area contributed by atoms with Crippen LogP contribution in [0.25, 0.3) is 11.1 Å². The van der Waals surface area contributed by atoms with E-state index in [4.69, 9.17) is 27.9 Å². The van der Waals surface area contributed by atoms with E-state index in [1.807, 2.05) is 18.2 Å². The summed E-state index contributed by atoms with van der Waals surface area (Å²) in [5.41, 5.74) is 2.53. The zero-order valence-corrected chi connectivity index (χ0v) is 18.9. The van der Waals surface area contributed by atoms with Gasteiger partial charge in [0.1, 0.15) is 5.82 Å². The fourth-order valence-corrected chi connectivity index (χ4v) is 4.50. The molecule has 8 heteroatoms. The molecular formula is C23H28Cl2N4O2. The highest BCUT2D eigenvalue weighted by Crippen LogP contribution is 2.36. The minimum absolute atomic E-state index is 0.0223. The summed E-state index contributed by atoms with van der Waals surface area (Å²) in [5, 5.41) is 10.8. The van der Waals surface area contributed by atoms with Gasteiger partial charge in [-0.2, -0.15) is 0 Å². The number of benzene rings is 1. The van der Waals surface area contributed by atoms with Gasteiger partial charge in [0.2, 0.25) is 5.91 Å². The Morgan fingerprint density at radius 1 is 1.13 bits per heavy atom. The third-order valence-corrected chi connectivity index (χ3v) is 6.60. The van der Waals surface area contributed by atoms with Crippen LogP contribution in [0.3, 0.4) is 0 Å². The van der Waals surface area contributed by atoms with Crippen LogP contribution in [0.1, 0.15) is 25.7 Å². The topological polar surface area (TPSA) is 75.3 Å². The van der Waals surface area contributed by atoms with E-state index in [-0.39, 0.29) is 11.8 Å². The van der Waals surface area contributed by atoms with Gasteiger partial charge in [-0.15, -0.1) is 0 Å². The molecule has 3 heterocycles. The Hall–Kier alpha value is -1.86. The molecule has 0 aliphatic carbocycles. The first kappa shape index (κ1) is 22.3. The maximum Gasteiger partial charge on any atom is 0.229 e. The molecule has 1 aromatic carbocycles. The molecule has 6 nitrogen and oxygen atoms in total. The van der Waals surface area contributed by atoms with Crippen molar-refractivity contribution in [1.29, 1.82) is 0 Å². The number of nitrogens with zero attached hydrogens (tertiary/aromatic N) is 1. The summed E-state index contributed by atoms with van der Waals surface area (Å²) < 4.78 is 5.44. The lowest BCUT2D eigenvalue weighted by Gasteiger charge is -2.23. The normalized spacial score (nSPS) is 19.7. The number of carbonyl (C=O) groups excluding carboxylic acids is 1. The van der Waals surface area contributed by atoms with Gasteiger partial charge in [-0.25, -0.2) is 4.98 Å². The average molecular weight is 463 g/mol. The molecule has 31 heavy (non-hydrogen) atoms. The van der Waals surface area contributed by atoms with E-state index in [2.05, 4.69) is 20.9 Å². The molecule has 2 aliphatic heterocycles. The van der Waals surface area contributed by atoms with E-state index in [1.54, 1.807) is 12.3 Å². The number of nitrogens with one attached hydrogen (secondary N) is 3. The SMILES string of the molecule is O=C(Nc1cc(-c2cc(NCC3CCOCC3)ccc2Cl)c(Cl)cn1)[C@H]1CCCNC1. The molecule has 1 aromatic heterocycles. The number of halogens is 2. The Kier molecular flexibility index (Phi) is 7.67. The quantitative estimate of drug-likeness (QED) is 0.572. The summed E-state index contributed by atoms with van der Waals surface area (Å²) >= 11 is 13.0. The number of carbonyl (C=O) groups is 1. The number of hydrogen-bond acceptors (Lipinski definition) is 5. The molecule has 2 fully saturated rings. The number of anilines is 2. The van der Waals surface area contributed by atoms with E-state index in [1.165, 1.54) is 0 Å². The largest absolute Gasteiger partial charge is 0.385 e. The van der Waals surface area contributed by atoms with Gasteiger partial charge in [0, 0.05) is 54.3 Å². The maximum absolute atomic E-state index is 12.6. The van der Waals surface area contributed by atoms with E-state index in [0.29, 0.717) is 28.3 Å². The molecule has 0 spiro atoms. The molecule has 3 N–H and O–H groups in total. The number of hydrogen-bond donors (Lipinski definition) is 3. The molecule has 2 aliphatic rings. The summed E-state index contributed by atoms with van der Waals surface area (Å²) in [6, 6.07) is 7.63. The molecule has 0 radical (unpaired) electrons. The first-order valence-electron chi connectivity index (χ1n) is 10.9. The second-order valence-corrected chi connectivity index (χ2v) is 9.03. The van der Waals surface area contributed by atoms with Crippen molar-refractivity contribution < 1.29 is 9.53 Å². The zero-order chi connectivity index (χ0) is 21.6. The highest BCUT2D eigenvalue weighted by Gasteiger charge is 2.22. The Balaban J connectivity index is 1.49. The summed E-state index contributed by atoms with van der Waals surface area (Å²) in [6.45, 7) is 4.21. The van der Waals surface area contributed by atoms with Crippen LogP contribution >= 0.6 is 23.2 Å². The number of rotatable bonds is 6. The van der Waals surface area contributed by atoms with Crippen LogP contribution in [0.4, 0.5) is 11.5 Å². The lowest BCUT2D eigenvalue weighted by Crippen LogP contribution is -2.37. The first-order valence-corrected chi connectivity index (χ1v) is 11.6. The number of amides is 1. The van der Waals surface area contributed by atoms with Gasteiger partial charge in [-0.3, -0.25) is 4.79 Å². The zero-order valence-electron chi connectivity index (χ0n) is 17.4. The molecule has 1 amide bonds. The van der Waals surface area contributed by atoms with Crippen molar-refractivity contribution in [2.75, 3.05) is 43.5 Å². The number of aromatic nitrogens is 1. The summed E-state index contributed by atoms with van der Waals surface area (Å²) in [5.74, 6) is 1.02. The lowest BCUT2D eigenvalue weighted by atomic mass is 9.99. The highest BCUT2D eigenvalue weighted by atomic mass is 35.5. The summed E-state index contributed by atoms with van der Waals surface area (Å²) in [6.07, 6.45) is 5.59. The van der Waals surface area contributed by atoms with Crippen LogP contribution in [0.15, 0.2) is 30.5 Å². The third kappa shape index (κ3) is 5.89. The van der Waals surface area contributed by atoms with E-state index in [0.717, 1.165) is 68.8 Å². The van der Waals surface area contributed by atoms with Gasteiger partial charge in [0.25, 0.3) is 0 Å². The van der Waals surface area contributed by atoms with Crippen molar-refractivity contribution in [3.8, 4) is 11.1 Å². The van der Waals surface area contributed by atoms with Crippen molar-refractivity contribution in [2.24, 2.45) is 11.8 Å². The van der Waals surface area contributed by atoms with Gasteiger partial charge in [0.15, 0.2) is 0 Å². The predicted octanol–water partition coefficient (Wildman–Crippen LogP) is 4.83. The molecule has 0 unspecified atom stereocenters. The Bertz CT molecular complexity index is 912. The number of pyridine rings is 1. The smallest absolute Gasteiger partial charge is 0.229 e. The van der Waals surface area contributed by atoms with Crippen LogP contribution < -0.4 is 16.0 Å². The second kappa shape index (κ2) is 10.6. The van der Waals surface area contributed by atoms with Gasteiger partial charge in [0.05, 0.1) is 10.9 Å². The van der Waals surface area contributed by atoms with E-state index < -0.39 is 0 Å². The molecule has 1 atom stereocenters. The fourth-order valence-electron chi connectivity index (χ4n) is 4.07. The Labute approximate surface area is 193 Å². The Morgan fingerprint density at radius 2 is 1.94 bits per heavy atom. The standard InChI is InChI=1S/C23H28Cl2N4O2/c24-20-4-3-17(27-12-15-5-8-31-9-6-15)10-18(20)19-11-22(28-14-21(19)25)29-23(30)16-2-1-7-26-13-16/h3-4,10-11,14-16,26-27H,1-2,5-9,12-13H2,(H,28,29,30)/t16-/m0/s1. The molecule has 4 rings (SSSR count). The van der Waals surface area contributed by atoms with Crippen LogP contribution in [0.5, 0.6) is 0 Å². The van der Waals surface area contributed by atoms with Crippen molar-refractivity contribution in [1.82, 2.24) is 10.3 Å². The second-order valence-electron chi connectivity index (χ2n) is 8.21. The minimum atomic E-state index is -0.0454. The van der Waals surface area contributed by atoms with Crippen LogP contribution in [-0.4, -0.2) is 43.7 Å². The van der Waals surface area contributed by atoms with Crippen LogP contribution in [0, 0.1) is 11.8 Å². The van der Waals surface area contributed by atoms with Gasteiger partial charge < -0.3 is 20.7 Å². The fraction of sp³-hybridized carbons (Fsp3) is 0.478. The highest BCUT2D eigenvalue weighted by molar-refractivity contribution is 6.36. The molecule has 0 saturated carbocycles. The van der Waals surface area contributed by atoms with E-state index in [9.17, 15) is 4.79 Å². The van der Waals surface area contributed by atoms with E-state index >= 15 is 0 Å². The van der Waals surface area contributed by atoms with Gasteiger partial charge in [-0.1, -0.05) is 23.2 Å². The summed E-state index contributed by atoms with van der Waals surface area (Å²) in [4.78, 5) is 16.9. The lowest BCUT2D eigenvalue weighted by molar-refractivity contribution is -0.120. The predicted molar refractivity (Wildman–Crippen MR) is 126 cm³/mol. The molecule has 2 saturated heterocycles. The summed E-state index contributed by atoms with van der Waals surface area (Å²) in [7, 11) is 0. The van der Waals surface area contributed by atoms with Crippen molar-refractivity contribution in [2.45, 2.75) is 25.7 Å². The molecule has 2 aromatic rings. The number of piperidine rings is 1. The molecule has 166 valence electrons.